The van der Waals surface area contributed by atoms with E-state index in [4.69, 9.17) is 5.73 Å². The number of pyridine rings is 1. The molecule has 1 heterocycles. The van der Waals surface area contributed by atoms with Gasteiger partial charge in [0, 0.05) is 34.4 Å². The van der Waals surface area contributed by atoms with Gasteiger partial charge < -0.3 is 15.9 Å². The number of nitrogens with zero attached hydrogens (tertiary/aromatic N) is 1. The Kier molecular flexibility index (Phi) is 7.22. The number of aromatic hydroxyl groups is 2. The SMILES string of the molecule is CC(C)(C)c1ccc(C[n+]2ccc(CCCc3c(C(N)=O)cc(O)c4c3C(=O)c3cccc(O)c3C4=O)cc2)cc1. The molecule has 0 radical (unpaired) electrons. The number of phenolic OH excluding ortho intramolecular Hbond substituents is 2. The molecular formula is C34H33N2O5+. The molecule has 0 saturated carbocycles. The Morgan fingerprint density at radius 1 is 0.805 bits per heavy atom. The lowest BCUT2D eigenvalue weighted by molar-refractivity contribution is -0.688. The Hall–Kier alpha value is -4.78. The number of benzene rings is 3. The van der Waals surface area contributed by atoms with Crippen LogP contribution in [0.5, 0.6) is 11.5 Å². The first-order valence-corrected chi connectivity index (χ1v) is 13.6. The molecule has 0 atom stereocenters. The number of aryl methyl sites for hydroxylation is 1. The van der Waals surface area contributed by atoms with Gasteiger partial charge in [0.05, 0.1) is 11.1 Å². The highest BCUT2D eigenvalue weighted by Crippen LogP contribution is 2.39. The molecule has 208 valence electrons. The summed E-state index contributed by atoms with van der Waals surface area (Å²) >= 11 is 0. The maximum Gasteiger partial charge on any atom is 0.249 e. The summed E-state index contributed by atoms with van der Waals surface area (Å²) in [6, 6.07) is 18.1. The normalized spacial score (nSPS) is 12.7. The van der Waals surface area contributed by atoms with Crippen molar-refractivity contribution in [2.24, 2.45) is 5.73 Å². The highest BCUT2D eigenvalue weighted by molar-refractivity contribution is 6.31. The van der Waals surface area contributed by atoms with Gasteiger partial charge in [0.15, 0.2) is 24.7 Å². The minimum atomic E-state index is -0.795. The summed E-state index contributed by atoms with van der Waals surface area (Å²) in [7, 11) is 0. The van der Waals surface area contributed by atoms with Crippen molar-refractivity contribution in [3.8, 4) is 11.5 Å². The quantitative estimate of drug-likeness (QED) is 0.252. The molecule has 1 aromatic heterocycles. The fraction of sp³-hybridized carbons (Fsp3) is 0.235. The lowest BCUT2D eigenvalue weighted by atomic mass is 9.78. The predicted octanol–water partition coefficient (Wildman–Crippen LogP) is 4.78. The van der Waals surface area contributed by atoms with Crippen LogP contribution in [0, 0.1) is 0 Å². The fourth-order valence-electron chi connectivity index (χ4n) is 5.45. The largest absolute Gasteiger partial charge is 0.507 e. The molecule has 1 amide bonds. The number of hydrogen-bond acceptors (Lipinski definition) is 5. The van der Waals surface area contributed by atoms with Crippen LogP contribution in [-0.4, -0.2) is 27.7 Å². The summed E-state index contributed by atoms with van der Waals surface area (Å²) in [5.74, 6) is -2.84. The van der Waals surface area contributed by atoms with Gasteiger partial charge in [-0.25, -0.2) is 4.57 Å². The summed E-state index contributed by atoms with van der Waals surface area (Å²) in [4.78, 5) is 39.1. The molecule has 0 spiro atoms. The second kappa shape index (κ2) is 10.7. The number of carbonyl (C=O) groups is 3. The van der Waals surface area contributed by atoms with Gasteiger partial charge in [-0.05, 0) is 53.5 Å². The second-order valence-corrected chi connectivity index (χ2v) is 11.6. The number of rotatable bonds is 7. The highest BCUT2D eigenvalue weighted by atomic mass is 16.3. The third-order valence-corrected chi connectivity index (χ3v) is 7.69. The van der Waals surface area contributed by atoms with Gasteiger partial charge in [-0.3, -0.25) is 14.4 Å². The lowest BCUT2D eigenvalue weighted by Gasteiger charge is -2.23. The van der Waals surface area contributed by atoms with Crippen LogP contribution < -0.4 is 10.3 Å². The Morgan fingerprint density at radius 2 is 1.49 bits per heavy atom. The maximum atomic E-state index is 13.5. The average Bonchev–Trinajstić information content (AvgIpc) is 2.92. The Labute approximate surface area is 238 Å². The maximum absolute atomic E-state index is 13.5. The summed E-state index contributed by atoms with van der Waals surface area (Å²) in [6.45, 7) is 7.34. The molecule has 0 unspecified atom stereocenters. The van der Waals surface area contributed by atoms with E-state index in [1.165, 1.54) is 29.3 Å². The third-order valence-electron chi connectivity index (χ3n) is 7.69. The minimum Gasteiger partial charge on any atom is -0.507 e. The molecule has 1 aliphatic rings. The van der Waals surface area contributed by atoms with Crippen LogP contribution in [0.15, 0.2) is 73.1 Å². The van der Waals surface area contributed by atoms with Gasteiger partial charge in [0.25, 0.3) is 0 Å². The molecule has 0 aliphatic heterocycles. The number of carbonyl (C=O) groups excluding carboxylic acids is 3. The standard InChI is InChI=1S/C34H32N2O5/c1-34(2,3)22-12-10-21(11-13-22)19-36-16-14-20(15-17-36)6-4-7-23-25(33(35)41)18-27(38)30-29(23)31(39)24-8-5-9-26(37)28(24)32(30)40/h5,8-18H,4,6-7,19H2,1-3H3,(H3-,35,37,38,40,41)/p+1. The Balaban J connectivity index is 1.34. The molecule has 4 aromatic rings. The number of nitrogens with two attached hydrogens (primary N) is 1. The van der Waals surface area contributed by atoms with Crippen molar-refractivity contribution in [2.75, 3.05) is 0 Å². The Bertz CT molecular complexity index is 1680. The van der Waals surface area contributed by atoms with Crippen LogP contribution in [0.25, 0.3) is 0 Å². The van der Waals surface area contributed by atoms with Crippen LogP contribution in [0.1, 0.15) is 91.6 Å². The number of fused-ring (bicyclic) bond motifs is 2. The first-order chi connectivity index (χ1) is 19.5. The van der Waals surface area contributed by atoms with Crippen molar-refractivity contribution in [3.63, 3.8) is 0 Å². The minimum absolute atomic E-state index is 0.00869. The number of ketones is 2. The van der Waals surface area contributed by atoms with E-state index in [1.807, 2.05) is 24.5 Å². The zero-order chi connectivity index (χ0) is 29.5. The monoisotopic (exact) mass is 549 g/mol. The molecular weight excluding hydrogens is 516 g/mol. The molecule has 7 heteroatoms. The van der Waals surface area contributed by atoms with Crippen molar-refractivity contribution in [2.45, 2.75) is 52.0 Å². The molecule has 41 heavy (non-hydrogen) atoms. The lowest BCUT2D eigenvalue weighted by Crippen LogP contribution is -2.33. The summed E-state index contributed by atoms with van der Waals surface area (Å²) in [6.07, 6.45) is 5.58. The number of aromatic nitrogens is 1. The average molecular weight is 550 g/mol. The fourth-order valence-corrected chi connectivity index (χ4v) is 5.45. The van der Waals surface area contributed by atoms with Crippen LogP contribution in [0.4, 0.5) is 0 Å². The predicted molar refractivity (Wildman–Crippen MR) is 155 cm³/mol. The van der Waals surface area contributed by atoms with Crippen molar-refractivity contribution in [1.29, 1.82) is 0 Å². The summed E-state index contributed by atoms with van der Waals surface area (Å²) in [5, 5.41) is 20.9. The summed E-state index contributed by atoms with van der Waals surface area (Å²) < 4.78 is 2.11. The number of phenols is 2. The van der Waals surface area contributed by atoms with E-state index in [9.17, 15) is 24.6 Å². The van der Waals surface area contributed by atoms with Gasteiger partial charge in [0.1, 0.15) is 11.5 Å². The number of primary amides is 1. The van der Waals surface area contributed by atoms with E-state index in [0.717, 1.165) is 18.2 Å². The zero-order valence-corrected chi connectivity index (χ0v) is 23.4. The van der Waals surface area contributed by atoms with Gasteiger partial charge >= 0.3 is 0 Å². The number of amides is 1. The molecule has 4 N–H and O–H groups in total. The molecule has 7 nitrogen and oxygen atoms in total. The van der Waals surface area contributed by atoms with Gasteiger partial charge in [-0.15, -0.1) is 0 Å². The van der Waals surface area contributed by atoms with Crippen LogP contribution in [-0.2, 0) is 24.8 Å². The van der Waals surface area contributed by atoms with Gasteiger partial charge in [-0.2, -0.15) is 0 Å². The second-order valence-electron chi connectivity index (χ2n) is 11.6. The molecule has 0 bridgehead atoms. The topological polar surface area (TPSA) is 122 Å². The van der Waals surface area contributed by atoms with E-state index in [0.29, 0.717) is 24.8 Å². The van der Waals surface area contributed by atoms with Crippen LogP contribution in [0.2, 0.25) is 0 Å². The first-order valence-electron chi connectivity index (χ1n) is 13.6. The molecule has 5 rings (SSSR count). The smallest absolute Gasteiger partial charge is 0.249 e. The van der Waals surface area contributed by atoms with E-state index in [1.54, 1.807) is 0 Å². The van der Waals surface area contributed by atoms with Crippen molar-refractivity contribution in [1.82, 2.24) is 0 Å². The molecule has 1 aliphatic carbocycles. The van der Waals surface area contributed by atoms with E-state index in [-0.39, 0.29) is 39.0 Å². The van der Waals surface area contributed by atoms with E-state index >= 15 is 0 Å². The van der Waals surface area contributed by atoms with Gasteiger partial charge in [-0.1, -0.05) is 57.2 Å². The Morgan fingerprint density at radius 3 is 2.12 bits per heavy atom. The van der Waals surface area contributed by atoms with E-state index in [2.05, 4.69) is 49.6 Å². The van der Waals surface area contributed by atoms with Crippen molar-refractivity contribution >= 4 is 17.5 Å². The first kappa shape index (κ1) is 27.8. The highest BCUT2D eigenvalue weighted by Gasteiger charge is 2.37. The zero-order valence-electron chi connectivity index (χ0n) is 23.4. The molecule has 0 fully saturated rings. The summed E-state index contributed by atoms with van der Waals surface area (Å²) in [5.41, 5.74) is 9.31. The van der Waals surface area contributed by atoms with E-state index < -0.39 is 23.2 Å². The molecule has 3 aromatic carbocycles. The van der Waals surface area contributed by atoms with Crippen molar-refractivity contribution < 1.29 is 29.2 Å². The van der Waals surface area contributed by atoms with Gasteiger partial charge in [0.2, 0.25) is 11.7 Å². The van der Waals surface area contributed by atoms with Crippen LogP contribution in [0.3, 0.4) is 0 Å². The molecule has 0 saturated heterocycles. The van der Waals surface area contributed by atoms with Crippen molar-refractivity contribution in [3.05, 3.63) is 123 Å². The van der Waals surface area contributed by atoms with Crippen LogP contribution >= 0.6 is 0 Å². The third kappa shape index (κ3) is 5.35. The number of hydrogen-bond donors (Lipinski definition) is 3.